The molecule has 6 nitrogen and oxygen atoms in total. The van der Waals surface area contributed by atoms with Gasteiger partial charge in [-0.15, -0.1) is 0 Å². The summed E-state index contributed by atoms with van der Waals surface area (Å²) in [5.74, 6) is 0.783. The molecule has 2 heterocycles. The number of benzene rings is 2. The molecule has 1 atom stereocenters. The summed E-state index contributed by atoms with van der Waals surface area (Å²) in [5.41, 5.74) is 4.58. The highest BCUT2D eigenvalue weighted by molar-refractivity contribution is 7.80. The highest BCUT2D eigenvalue weighted by atomic mass is 32.1. The Morgan fingerprint density at radius 3 is 2.72 bits per heavy atom. The number of hydrogen-bond acceptors (Lipinski definition) is 4. The Hall–Kier alpha value is -2.90. The molecular formula is C25H29N3O3S. The number of aryl methyl sites for hydroxylation is 2. The van der Waals surface area contributed by atoms with Gasteiger partial charge in [0.05, 0.1) is 25.3 Å². The number of pyridine rings is 1. The molecule has 0 bridgehead atoms. The van der Waals surface area contributed by atoms with Crippen molar-refractivity contribution >= 4 is 33.9 Å². The maximum absolute atomic E-state index is 12.9. The van der Waals surface area contributed by atoms with Gasteiger partial charge >= 0.3 is 0 Å². The molecule has 168 valence electrons. The Kier molecular flexibility index (Phi) is 6.77. The third-order valence-electron chi connectivity index (χ3n) is 5.81. The lowest BCUT2D eigenvalue weighted by atomic mass is 10.1. The summed E-state index contributed by atoms with van der Waals surface area (Å²) in [6.07, 6.45) is 2.15. The molecule has 1 fully saturated rings. The molecule has 0 aliphatic carbocycles. The van der Waals surface area contributed by atoms with Crippen LogP contribution in [0.2, 0.25) is 0 Å². The average molecular weight is 452 g/mol. The lowest BCUT2D eigenvalue weighted by Crippen LogP contribution is -2.40. The van der Waals surface area contributed by atoms with Gasteiger partial charge in [-0.2, -0.15) is 0 Å². The number of aromatic amines is 1. The molecule has 32 heavy (non-hydrogen) atoms. The smallest absolute Gasteiger partial charge is 0.253 e. The van der Waals surface area contributed by atoms with E-state index in [1.165, 1.54) is 5.56 Å². The van der Waals surface area contributed by atoms with Gasteiger partial charge in [-0.25, -0.2) is 0 Å². The van der Waals surface area contributed by atoms with Crippen LogP contribution in [0.15, 0.2) is 47.3 Å². The third kappa shape index (κ3) is 5.11. The summed E-state index contributed by atoms with van der Waals surface area (Å²) in [5, 5.41) is 4.89. The second kappa shape index (κ2) is 9.71. The van der Waals surface area contributed by atoms with Crippen molar-refractivity contribution in [3.05, 3.63) is 69.5 Å². The summed E-state index contributed by atoms with van der Waals surface area (Å²) in [4.78, 5) is 18.0. The van der Waals surface area contributed by atoms with E-state index in [2.05, 4.69) is 29.4 Å². The fourth-order valence-electron chi connectivity index (χ4n) is 4.19. The Bertz CT molecular complexity index is 1170. The van der Waals surface area contributed by atoms with Crippen molar-refractivity contribution in [1.29, 1.82) is 0 Å². The van der Waals surface area contributed by atoms with E-state index in [1.807, 2.05) is 42.2 Å². The Labute approximate surface area is 193 Å². The van der Waals surface area contributed by atoms with Gasteiger partial charge in [0.2, 0.25) is 0 Å². The number of aromatic nitrogens is 1. The number of nitrogens with one attached hydrogen (secondary N) is 2. The molecule has 1 saturated heterocycles. The number of fused-ring (bicyclic) bond motifs is 1. The largest absolute Gasteiger partial charge is 0.497 e. The summed E-state index contributed by atoms with van der Waals surface area (Å²) < 4.78 is 11.1. The first-order chi connectivity index (χ1) is 15.4. The summed E-state index contributed by atoms with van der Waals surface area (Å²) in [7, 11) is 1.64. The molecule has 4 rings (SSSR count). The fourth-order valence-corrected chi connectivity index (χ4v) is 4.44. The molecule has 0 unspecified atom stereocenters. The van der Waals surface area contributed by atoms with Gasteiger partial charge in [0.25, 0.3) is 5.56 Å². The van der Waals surface area contributed by atoms with Gasteiger partial charge in [0.15, 0.2) is 5.11 Å². The minimum atomic E-state index is -0.0889. The maximum Gasteiger partial charge on any atom is 0.253 e. The van der Waals surface area contributed by atoms with Crippen molar-refractivity contribution in [2.75, 3.05) is 25.6 Å². The molecule has 1 aliphatic rings. The number of methoxy groups -OCH3 is 1. The van der Waals surface area contributed by atoms with Gasteiger partial charge in [-0.1, -0.05) is 11.6 Å². The lowest BCUT2D eigenvalue weighted by molar-refractivity contribution is 0.0904. The standard InChI is InChI=1S/C25H29N3O3S/c1-16-11-17(2)23-18(12-16)13-19(24(29)27-23)14-28(15-22-5-4-10-31-22)25(32)26-20-6-8-21(30-3)9-7-20/h6-9,11-13,22H,4-5,10,14-15H2,1-3H3,(H,26,32)(H,27,29)/t22-/m0/s1. The first-order valence-electron chi connectivity index (χ1n) is 10.9. The molecule has 2 N–H and O–H groups in total. The molecule has 0 spiro atoms. The van der Waals surface area contributed by atoms with Crippen LogP contribution >= 0.6 is 12.2 Å². The highest BCUT2D eigenvalue weighted by Gasteiger charge is 2.22. The van der Waals surface area contributed by atoms with Crippen LogP contribution in [-0.4, -0.2) is 41.4 Å². The van der Waals surface area contributed by atoms with Gasteiger partial charge in [-0.05, 0) is 86.3 Å². The first kappa shape index (κ1) is 22.3. The zero-order valence-electron chi connectivity index (χ0n) is 18.7. The quantitative estimate of drug-likeness (QED) is 0.537. The molecule has 0 amide bonds. The minimum Gasteiger partial charge on any atom is -0.497 e. The van der Waals surface area contributed by atoms with Gasteiger partial charge in [0.1, 0.15) is 5.75 Å². The van der Waals surface area contributed by atoms with Crippen LogP contribution in [0.5, 0.6) is 5.75 Å². The predicted molar refractivity (Wildman–Crippen MR) is 133 cm³/mol. The van der Waals surface area contributed by atoms with E-state index in [9.17, 15) is 4.79 Å². The van der Waals surface area contributed by atoms with Crippen molar-refractivity contribution in [2.45, 2.75) is 39.3 Å². The molecule has 2 aromatic carbocycles. The topological polar surface area (TPSA) is 66.6 Å². The molecule has 3 aromatic rings. The number of thiocarbonyl (C=S) groups is 1. The monoisotopic (exact) mass is 451 g/mol. The van der Waals surface area contributed by atoms with E-state index in [0.717, 1.165) is 47.4 Å². The summed E-state index contributed by atoms with van der Waals surface area (Å²) in [6.45, 7) is 5.89. The van der Waals surface area contributed by atoms with Crippen molar-refractivity contribution in [3.63, 3.8) is 0 Å². The lowest BCUT2D eigenvalue weighted by Gasteiger charge is -2.28. The van der Waals surface area contributed by atoms with Crippen LogP contribution in [-0.2, 0) is 11.3 Å². The Balaban J connectivity index is 1.60. The van der Waals surface area contributed by atoms with E-state index < -0.39 is 0 Å². The van der Waals surface area contributed by atoms with Crippen LogP contribution in [0.1, 0.15) is 29.5 Å². The van der Waals surface area contributed by atoms with Crippen LogP contribution in [0.4, 0.5) is 5.69 Å². The molecule has 7 heteroatoms. The minimum absolute atomic E-state index is 0.0889. The van der Waals surface area contributed by atoms with Gasteiger partial charge in [0, 0.05) is 24.4 Å². The van der Waals surface area contributed by atoms with E-state index in [0.29, 0.717) is 23.8 Å². The average Bonchev–Trinajstić information content (AvgIpc) is 3.28. The number of rotatable bonds is 6. The van der Waals surface area contributed by atoms with Crippen LogP contribution in [0.3, 0.4) is 0 Å². The highest BCUT2D eigenvalue weighted by Crippen LogP contribution is 2.21. The van der Waals surface area contributed by atoms with Crippen molar-refractivity contribution < 1.29 is 9.47 Å². The van der Waals surface area contributed by atoms with Gasteiger partial charge < -0.3 is 24.7 Å². The summed E-state index contributed by atoms with van der Waals surface area (Å²) >= 11 is 5.75. The zero-order chi connectivity index (χ0) is 22.7. The fraction of sp³-hybridized carbons (Fsp3) is 0.360. The number of anilines is 1. The molecular weight excluding hydrogens is 422 g/mol. The number of nitrogens with zero attached hydrogens (tertiary/aromatic N) is 1. The third-order valence-corrected chi connectivity index (χ3v) is 6.17. The van der Waals surface area contributed by atoms with Crippen molar-refractivity contribution in [3.8, 4) is 5.75 Å². The second-order valence-electron chi connectivity index (χ2n) is 8.34. The molecule has 0 radical (unpaired) electrons. The molecule has 0 saturated carbocycles. The Morgan fingerprint density at radius 1 is 1.25 bits per heavy atom. The van der Waals surface area contributed by atoms with Crippen molar-refractivity contribution in [1.82, 2.24) is 9.88 Å². The summed E-state index contributed by atoms with van der Waals surface area (Å²) in [6, 6.07) is 13.8. The second-order valence-corrected chi connectivity index (χ2v) is 8.73. The number of hydrogen-bond donors (Lipinski definition) is 2. The van der Waals surface area contributed by atoms with E-state index in [4.69, 9.17) is 21.7 Å². The SMILES string of the molecule is COc1ccc(NC(=S)N(Cc2cc3cc(C)cc(C)c3[nH]c2=O)C[C@@H]2CCCO2)cc1. The van der Waals surface area contributed by atoms with E-state index >= 15 is 0 Å². The normalized spacial score (nSPS) is 15.7. The molecule has 1 aliphatic heterocycles. The van der Waals surface area contributed by atoms with E-state index in [-0.39, 0.29) is 11.7 Å². The number of H-pyrrole nitrogens is 1. The Morgan fingerprint density at radius 2 is 2.03 bits per heavy atom. The predicted octanol–water partition coefficient (Wildman–Crippen LogP) is 4.53. The van der Waals surface area contributed by atoms with Gasteiger partial charge in [-0.3, -0.25) is 4.79 Å². The van der Waals surface area contributed by atoms with Crippen LogP contribution in [0.25, 0.3) is 10.9 Å². The zero-order valence-corrected chi connectivity index (χ0v) is 19.6. The van der Waals surface area contributed by atoms with Crippen LogP contribution < -0.4 is 15.6 Å². The van der Waals surface area contributed by atoms with Crippen LogP contribution in [0, 0.1) is 13.8 Å². The maximum atomic E-state index is 12.9. The molecule has 1 aromatic heterocycles. The number of ether oxygens (including phenoxy) is 2. The van der Waals surface area contributed by atoms with Crippen molar-refractivity contribution in [2.24, 2.45) is 0 Å². The first-order valence-corrected chi connectivity index (χ1v) is 11.3. The van der Waals surface area contributed by atoms with E-state index in [1.54, 1.807) is 7.11 Å².